The molecule has 0 unspecified atom stereocenters. The molecule has 1 N–H and O–H groups in total. The number of carbonyl (C=O) groups excluding carboxylic acids is 1. The van der Waals surface area contributed by atoms with E-state index in [1.54, 1.807) is 30.2 Å². The van der Waals surface area contributed by atoms with E-state index in [-0.39, 0.29) is 11.8 Å². The molecule has 2 rings (SSSR count). The number of rotatable bonds is 2. The third kappa shape index (κ3) is 2.31. The van der Waals surface area contributed by atoms with Crippen LogP contribution in [0, 0.1) is 5.92 Å². The lowest BCUT2D eigenvalue weighted by atomic mass is 9.95. The molecule has 98 valence electrons. The van der Waals surface area contributed by atoms with Crippen molar-refractivity contribution in [2.75, 3.05) is 20.2 Å². The van der Waals surface area contributed by atoms with Crippen molar-refractivity contribution in [2.45, 2.75) is 19.4 Å². The number of ether oxygens (including phenoxy) is 1. The summed E-state index contributed by atoms with van der Waals surface area (Å²) in [6.45, 7) is 4.63. The molecule has 18 heavy (non-hydrogen) atoms. The van der Waals surface area contributed by atoms with Crippen molar-refractivity contribution in [1.82, 2.24) is 9.88 Å². The SMILES string of the molecule is COc1cc(C(=O)N2C[C@@H](C)[C@@](C)(O)C2)ccn1. The molecule has 5 heteroatoms. The maximum absolute atomic E-state index is 12.3. The Balaban J connectivity index is 2.17. The average molecular weight is 250 g/mol. The van der Waals surface area contributed by atoms with Gasteiger partial charge in [0.25, 0.3) is 5.91 Å². The molecule has 0 radical (unpaired) electrons. The quantitative estimate of drug-likeness (QED) is 0.848. The van der Waals surface area contributed by atoms with Crippen LogP contribution in [0.25, 0.3) is 0 Å². The zero-order valence-corrected chi connectivity index (χ0v) is 10.9. The van der Waals surface area contributed by atoms with E-state index in [4.69, 9.17) is 4.74 Å². The Morgan fingerprint density at radius 1 is 1.67 bits per heavy atom. The fraction of sp³-hybridized carbons (Fsp3) is 0.538. The van der Waals surface area contributed by atoms with Crippen LogP contribution in [-0.2, 0) is 0 Å². The van der Waals surface area contributed by atoms with Gasteiger partial charge in [-0.25, -0.2) is 4.98 Å². The lowest BCUT2D eigenvalue weighted by molar-refractivity contribution is 0.0351. The van der Waals surface area contributed by atoms with Crippen LogP contribution in [0.3, 0.4) is 0 Å². The van der Waals surface area contributed by atoms with Gasteiger partial charge in [-0.1, -0.05) is 6.92 Å². The Bertz CT molecular complexity index is 459. The second kappa shape index (κ2) is 4.57. The topological polar surface area (TPSA) is 62.7 Å². The Kier molecular flexibility index (Phi) is 3.26. The zero-order chi connectivity index (χ0) is 13.3. The summed E-state index contributed by atoms with van der Waals surface area (Å²) in [5.41, 5.74) is -0.279. The molecule has 1 aromatic heterocycles. The Morgan fingerprint density at radius 3 is 2.94 bits per heavy atom. The third-order valence-electron chi connectivity index (χ3n) is 3.55. The summed E-state index contributed by atoms with van der Waals surface area (Å²) in [5, 5.41) is 10.1. The molecule has 1 aliphatic rings. The van der Waals surface area contributed by atoms with E-state index < -0.39 is 5.60 Å². The highest BCUT2D eigenvalue weighted by Gasteiger charge is 2.40. The van der Waals surface area contributed by atoms with Gasteiger partial charge in [0.05, 0.1) is 12.7 Å². The second-order valence-corrected chi connectivity index (χ2v) is 5.03. The molecule has 0 spiro atoms. The van der Waals surface area contributed by atoms with Crippen molar-refractivity contribution in [3.05, 3.63) is 23.9 Å². The van der Waals surface area contributed by atoms with Gasteiger partial charge in [-0.05, 0) is 13.0 Å². The fourth-order valence-corrected chi connectivity index (χ4v) is 2.13. The van der Waals surface area contributed by atoms with Crippen molar-refractivity contribution < 1.29 is 14.6 Å². The first kappa shape index (κ1) is 12.8. The van der Waals surface area contributed by atoms with E-state index in [1.807, 2.05) is 6.92 Å². The number of likely N-dealkylation sites (tertiary alicyclic amines) is 1. The van der Waals surface area contributed by atoms with Crippen LogP contribution in [0.4, 0.5) is 0 Å². The number of β-amino-alcohol motifs (C(OH)–C–C–N with tert-alkyl or cyclic N) is 1. The van der Waals surface area contributed by atoms with Gasteiger partial charge in [0.15, 0.2) is 0 Å². The number of carbonyl (C=O) groups is 1. The Morgan fingerprint density at radius 2 is 2.39 bits per heavy atom. The van der Waals surface area contributed by atoms with Gasteiger partial charge in [0.1, 0.15) is 0 Å². The van der Waals surface area contributed by atoms with Crippen LogP contribution >= 0.6 is 0 Å². The van der Waals surface area contributed by atoms with Crippen molar-refractivity contribution >= 4 is 5.91 Å². The highest BCUT2D eigenvalue weighted by atomic mass is 16.5. The number of aromatic nitrogens is 1. The van der Waals surface area contributed by atoms with Crippen LogP contribution < -0.4 is 4.74 Å². The molecule has 1 amide bonds. The van der Waals surface area contributed by atoms with Crippen molar-refractivity contribution in [3.63, 3.8) is 0 Å². The van der Waals surface area contributed by atoms with Crippen molar-refractivity contribution in [3.8, 4) is 5.88 Å². The van der Waals surface area contributed by atoms with Crippen LogP contribution in [0.5, 0.6) is 5.88 Å². The number of pyridine rings is 1. The van der Waals surface area contributed by atoms with Crippen LogP contribution in [0.1, 0.15) is 24.2 Å². The smallest absolute Gasteiger partial charge is 0.254 e. The molecule has 2 heterocycles. The highest BCUT2D eigenvalue weighted by Crippen LogP contribution is 2.28. The minimum Gasteiger partial charge on any atom is -0.481 e. The van der Waals surface area contributed by atoms with Crippen molar-refractivity contribution in [2.24, 2.45) is 5.92 Å². The van der Waals surface area contributed by atoms with Gasteiger partial charge in [-0.3, -0.25) is 4.79 Å². The number of hydrogen-bond acceptors (Lipinski definition) is 4. The monoisotopic (exact) mass is 250 g/mol. The van der Waals surface area contributed by atoms with Gasteiger partial charge in [-0.2, -0.15) is 0 Å². The summed E-state index contributed by atoms with van der Waals surface area (Å²) in [7, 11) is 1.51. The molecule has 1 fully saturated rings. The minimum absolute atomic E-state index is 0.0742. The van der Waals surface area contributed by atoms with Gasteiger partial charge < -0.3 is 14.7 Å². The number of methoxy groups -OCH3 is 1. The predicted molar refractivity (Wildman–Crippen MR) is 66.5 cm³/mol. The van der Waals surface area contributed by atoms with E-state index in [1.165, 1.54) is 7.11 Å². The molecule has 0 saturated carbocycles. The standard InChI is InChI=1S/C13H18N2O3/c1-9-7-15(8-13(9,2)17)12(16)10-4-5-14-11(6-10)18-3/h4-6,9,17H,7-8H2,1-3H3/t9-,13+/m1/s1. The van der Waals surface area contributed by atoms with Crippen LogP contribution in [0.2, 0.25) is 0 Å². The predicted octanol–water partition coefficient (Wildman–Crippen LogP) is 0.933. The number of amides is 1. The van der Waals surface area contributed by atoms with Crippen LogP contribution in [0.15, 0.2) is 18.3 Å². The maximum Gasteiger partial charge on any atom is 0.254 e. The fourth-order valence-electron chi connectivity index (χ4n) is 2.13. The number of nitrogens with zero attached hydrogens (tertiary/aromatic N) is 2. The van der Waals surface area contributed by atoms with E-state index in [0.717, 1.165) is 0 Å². The second-order valence-electron chi connectivity index (χ2n) is 5.03. The summed E-state index contributed by atoms with van der Waals surface area (Å²) >= 11 is 0. The average Bonchev–Trinajstić information content (AvgIpc) is 2.63. The van der Waals surface area contributed by atoms with Gasteiger partial charge in [0.2, 0.25) is 5.88 Å². The maximum atomic E-state index is 12.3. The molecule has 1 aliphatic heterocycles. The molecule has 2 atom stereocenters. The lowest BCUT2D eigenvalue weighted by Gasteiger charge is -2.20. The molecule has 1 aromatic rings. The molecular weight excluding hydrogens is 232 g/mol. The molecular formula is C13H18N2O3. The summed E-state index contributed by atoms with van der Waals surface area (Å²) < 4.78 is 5.00. The Hall–Kier alpha value is -1.62. The van der Waals surface area contributed by atoms with E-state index in [9.17, 15) is 9.90 Å². The minimum atomic E-state index is -0.813. The first-order valence-electron chi connectivity index (χ1n) is 5.96. The Labute approximate surface area is 106 Å². The third-order valence-corrected chi connectivity index (χ3v) is 3.55. The van der Waals surface area contributed by atoms with E-state index in [2.05, 4.69) is 4.98 Å². The summed E-state index contributed by atoms with van der Waals surface area (Å²) in [6, 6.07) is 3.27. The first-order valence-corrected chi connectivity index (χ1v) is 5.96. The number of aliphatic hydroxyl groups is 1. The van der Waals surface area contributed by atoms with E-state index in [0.29, 0.717) is 24.5 Å². The first-order chi connectivity index (χ1) is 8.44. The number of hydrogen-bond donors (Lipinski definition) is 1. The van der Waals surface area contributed by atoms with E-state index >= 15 is 0 Å². The molecule has 0 aliphatic carbocycles. The largest absolute Gasteiger partial charge is 0.481 e. The zero-order valence-electron chi connectivity index (χ0n) is 10.9. The molecule has 1 saturated heterocycles. The normalized spacial score (nSPS) is 27.3. The highest BCUT2D eigenvalue weighted by molar-refractivity contribution is 5.94. The molecule has 5 nitrogen and oxygen atoms in total. The molecule has 0 aromatic carbocycles. The van der Waals surface area contributed by atoms with Crippen molar-refractivity contribution in [1.29, 1.82) is 0 Å². The van der Waals surface area contributed by atoms with Gasteiger partial charge in [-0.15, -0.1) is 0 Å². The van der Waals surface area contributed by atoms with Crippen LogP contribution in [-0.4, -0.2) is 46.7 Å². The van der Waals surface area contributed by atoms with Gasteiger partial charge >= 0.3 is 0 Å². The van der Waals surface area contributed by atoms with Gasteiger partial charge in [0, 0.05) is 36.8 Å². The molecule has 0 bridgehead atoms. The summed E-state index contributed by atoms with van der Waals surface area (Å²) in [5.74, 6) is 0.394. The summed E-state index contributed by atoms with van der Waals surface area (Å²) in [6.07, 6.45) is 1.55. The summed E-state index contributed by atoms with van der Waals surface area (Å²) in [4.78, 5) is 17.9. The lowest BCUT2D eigenvalue weighted by Crippen LogP contribution is -2.35.